The van der Waals surface area contributed by atoms with Crippen molar-refractivity contribution < 1.29 is 31.5 Å². The third-order valence-electron chi connectivity index (χ3n) is 3.43. The molecule has 2 aromatic carbocycles. The van der Waals surface area contributed by atoms with E-state index in [1.54, 1.807) is 18.2 Å². The summed E-state index contributed by atoms with van der Waals surface area (Å²) in [7, 11) is -2.60. The number of sulfonamides is 1. The number of benzene rings is 2. The maximum Gasteiger partial charge on any atom is 0.387 e. The summed E-state index contributed by atoms with van der Waals surface area (Å²) in [4.78, 5) is 12.3. The fourth-order valence-electron chi connectivity index (χ4n) is 2.15. The van der Waals surface area contributed by atoms with Crippen LogP contribution in [0.2, 0.25) is 0 Å². The van der Waals surface area contributed by atoms with Gasteiger partial charge in [-0.3, -0.25) is 4.79 Å². The van der Waals surface area contributed by atoms with Gasteiger partial charge in [-0.25, -0.2) is 8.42 Å². The van der Waals surface area contributed by atoms with Gasteiger partial charge in [0.05, 0.1) is 18.0 Å². The third-order valence-corrected chi connectivity index (χ3v) is 4.98. The highest BCUT2D eigenvalue weighted by atomic mass is 32.2. The number of nitrogens with one attached hydrogen (secondary N) is 2. The van der Waals surface area contributed by atoms with Crippen molar-refractivity contribution in [1.29, 1.82) is 0 Å². The first-order chi connectivity index (χ1) is 12.7. The predicted molar refractivity (Wildman–Crippen MR) is 94.5 cm³/mol. The van der Waals surface area contributed by atoms with E-state index in [2.05, 4.69) is 14.8 Å². The van der Waals surface area contributed by atoms with Crippen LogP contribution in [0.3, 0.4) is 0 Å². The molecule has 27 heavy (non-hydrogen) atoms. The first-order valence-corrected chi connectivity index (χ1v) is 9.22. The number of anilines is 1. The minimum absolute atomic E-state index is 0.0155. The number of carbonyl (C=O) groups excluding carboxylic acids is 1. The Labute approximate surface area is 155 Å². The van der Waals surface area contributed by atoms with E-state index in [-0.39, 0.29) is 22.1 Å². The second-order valence-electron chi connectivity index (χ2n) is 5.39. The molecule has 7 nitrogen and oxygen atoms in total. The first-order valence-electron chi connectivity index (χ1n) is 7.74. The number of hydrogen-bond acceptors (Lipinski definition) is 5. The molecule has 0 saturated carbocycles. The summed E-state index contributed by atoms with van der Waals surface area (Å²) < 4.78 is 60.9. The molecular weight excluding hydrogens is 382 g/mol. The molecule has 0 saturated heterocycles. The average molecular weight is 400 g/mol. The molecule has 0 unspecified atom stereocenters. The van der Waals surface area contributed by atoms with Gasteiger partial charge in [-0.1, -0.05) is 18.2 Å². The van der Waals surface area contributed by atoms with Gasteiger partial charge < -0.3 is 14.8 Å². The number of rotatable bonds is 8. The summed E-state index contributed by atoms with van der Waals surface area (Å²) >= 11 is 0. The number of halogens is 2. The van der Waals surface area contributed by atoms with Gasteiger partial charge in [0.15, 0.2) is 11.5 Å². The fraction of sp³-hybridized carbons (Fsp3) is 0.235. The molecule has 0 bridgehead atoms. The molecule has 0 spiro atoms. The molecule has 2 aromatic rings. The topological polar surface area (TPSA) is 93.7 Å². The van der Waals surface area contributed by atoms with Gasteiger partial charge in [-0.15, -0.1) is 0 Å². The van der Waals surface area contributed by atoms with Crippen molar-refractivity contribution in [2.75, 3.05) is 12.4 Å². The Morgan fingerprint density at radius 1 is 1.07 bits per heavy atom. The van der Waals surface area contributed by atoms with Gasteiger partial charge in [-0.05, 0) is 31.2 Å². The Morgan fingerprint density at radius 3 is 2.33 bits per heavy atom. The predicted octanol–water partition coefficient (Wildman–Crippen LogP) is 2.60. The molecule has 2 N–H and O–H groups in total. The van der Waals surface area contributed by atoms with Crippen LogP contribution in [0.5, 0.6) is 11.5 Å². The van der Waals surface area contributed by atoms with Gasteiger partial charge in [-0.2, -0.15) is 13.5 Å². The molecule has 10 heteroatoms. The molecule has 2 rings (SSSR count). The van der Waals surface area contributed by atoms with Crippen molar-refractivity contribution in [2.45, 2.75) is 24.5 Å². The van der Waals surface area contributed by atoms with Gasteiger partial charge in [0.1, 0.15) is 0 Å². The van der Waals surface area contributed by atoms with Crippen LogP contribution in [0.25, 0.3) is 0 Å². The average Bonchev–Trinajstić information content (AvgIpc) is 2.62. The normalized spacial score (nSPS) is 12.5. The molecule has 1 amide bonds. The molecule has 1 atom stereocenters. The zero-order valence-electron chi connectivity index (χ0n) is 14.5. The smallest absolute Gasteiger partial charge is 0.387 e. The highest BCUT2D eigenvalue weighted by molar-refractivity contribution is 7.89. The molecule has 0 aliphatic rings. The van der Waals surface area contributed by atoms with E-state index in [0.29, 0.717) is 0 Å². The van der Waals surface area contributed by atoms with Crippen molar-refractivity contribution in [3.05, 3.63) is 48.5 Å². The summed E-state index contributed by atoms with van der Waals surface area (Å²) in [6, 6.07) is 10.4. The SMILES string of the molecule is COc1ccc(NC(=O)[C@H](C)NS(=O)(=O)c2ccccc2)cc1OC(F)F. The van der Waals surface area contributed by atoms with Crippen LogP contribution >= 0.6 is 0 Å². The van der Waals surface area contributed by atoms with Crippen LogP contribution in [-0.2, 0) is 14.8 Å². The Hall–Kier alpha value is -2.72. The highest BCUT2D eigenvalue weighted by Crippen LogP contribution is 2.31. The minimum Gasteiger partial charge on any atom is -0.493 e. The second-order valence-corrected chi connectivity index (χ2v) is 7.10. The fourth-order valence-corrected chi connectivity index (χ4v) is 3.37. The van der Waals surface area contributed by atoms with Crippen molar-refractivity contribution >= 4 is 21.6 Å². The maximum absolute atomic E-state index is 12.5. The third kappa shape index (κ3) is 5.63. The minimum atomic E-state index is -3.89. The van der Waals surface area contributed by atoms with E-state index >= 15 is 0 Å². The standard InChI is InChI=1S/C17H18F2N2O5S/c1-11(21-27(23,24)13-6-4-3-5-7-13)16(22)20-12-8-9-14(25-2)15(10-12)26-17(18)19/h3-11,17,21H,1-2H3,(H,20,22)/t11-/m0/s1. The van der Waals surface area contributed by atoms with Crippen molar-refractivity contribution in [1.82, 2.24) is 4.72 Å². The zero-order chi connectivity index (χ0) is 20.0. The Balaban J connectivity index is 2.10. The van der Waals surface area contributed by atoms with E-state index in [9.17, 15) is 22.0 Å². The van der Waals surface area contributed by atoms with Crippen LogP contribution in [0.1, 0.15) is 6.92 Å². The molecule has 0 aromatic heterocycles. The molecule has 146 valence electrons. The number of hydrogen-bond donors (Lipinski definition) is 2. The number of amides is 1. The number of carbonyl (C=O) groups is 1. The lowest BCUT2D eigenvalue weighted by Gasteiger charge is -2.16. The van der Waals surface area contributed by atoms with Crippen molar-refractivity contribution in [3.63, 3.8) is 0 Å². The summed E-state index contributed by atoms with van der Waals surface area (Å²) in [6.45, 7) is -1.71. The summed E-state index contributed by atoms with van der Waals surface area (Å²) in [5.74, 6) is -0.878. The number of alkyl halides is 2. The van der Waals surface area contributed by atoms with E-state index in [4.69, 9.17) is 4.74 Å². The molecule has 0 fully saturated rings. The summed E-state index contributed by atoms with van der Waals surface area (Å²) in [6.07, 6.45) is 0. The summed E-state index contributed by atoms with van der Waals surface area (Å²) in [5.41, 5.74) is 0.141. The van der Waals surface area contributed by atoms with Gasteiger partial charge >= 0.3 is 6.61 Å². The van der Waals surface area contributed by atoms with Crippen molar-refractivity contribution in [3.8, 4) is 11.5 Å². The molecular formula is C17H18F2N2O5S. The van der Waals surface area contributed by atoms with E-state index in [0.717, 1.165) is 6.07 Å². The molecule has 0 radical (unpaired) electrons. The second kappa shape index (κ2) is 8.78. The molecule has 0 aliphatic heterocycles. The van der Waals surface area contributed by atoms with Gasteiger partial charge in [0, 0.05) is 11.8 Å². The van der Waals surface area contributed by atoms with E-state index < -0.39 is 28.6 Å². The molecule has 0 heterocycles. The highest BCUT2D eigenvalue weighted by Gasteiger charge is 2.22. The van der Waals surface area contributed by atoms with Crippen LogP contribution in [0.4, 0.5) is 14.5 Å². The number of methoxy groups -OCH3 is 1. The van der Waals surface area contributed by atoms with E-state index in [1.807, 2.05) is 0 Å². The largest absolute Gasteiger partial charge is 0.493 e. The van der Waals surface area contributed by atoms with Crippen LogP contribution in [-0.4, -0.2) is 34.1 Å². The lowest BCUT2D eigenvalue weighted by molar-refractivity contribution is -0.117. The van der Waals surface area contributed by atoms with Crippen LogP contribution in [0, 0.1) is 0 Å². The number of ether oxygens (including phenoxy) is 2. The van der Waals surface area contributed by atoms with Crippen LogP contribution in [0.15, 0.2) is 53.4 Å². The maximum atomic E-state index is 12.5. The monoisotopic (exact) mass is 400 g/mol. The Morgan fingerprint density at radius 2 is 1.74 bits per heavy atom. The van der Waals surface area contributed by atoms with Gasteiger partial charge in [0.2, 0.25) is 15.9 Å². The zero-order valence-corrected chi connectivity index (χ0v) is 15.3. The van der Waals surface area contributed by atoms with E-state index in [1.165, 1.54) is 38.3 Å². The summed E-state index contributed by atoms with van der Waals surface area (Å²) in [5, 5.41) is 2.43. The first kappa shape index (κ1) is 20.6. The molecule has 0 aliphatic carbocycles. The Bertz CT molecular complexity index is 891. The lowest BCUT2D eigenvalue weighted by atomic mass is 10.2. The van der Waals surface area contributed by atoms with Gasteiger partial charge in [0.25, 0.3) is 0 Å². The quantitative estimate of drug-likeness (QED) is 0.711. The lowest BCUT2D eigenvalue weighted by Crippen LogP contribution is -2.41. The van der Waals surface area contributed by atoms with Crippen LogP contribution < -0.4 is 19.5 Å². The van der Waals surface area contributed by atoms with Crippen molar-refractivity contribution in [2.24, 2.45) is 0 Å². The Kier molecular flexibility index (Phi) is 6.70.